The molecule has 4 nitrogen and oxygen atoms in total. The highest BCUT2D eigenvalue weighted by atomic mass is 16.3. The zero-order valence-electron chi connectivity index (χ0n) is 8.86. The first-order valence-electron chi connectivity index (χ1n) is 4.52. The summed E-state index contributed by atoms with van der Waals surface area (Å²) in [5.41, 5.74) is 6.42. The fourth-order valence-corrected chi connectivity index (χ4v) is 1.33. The van der Waals surface area contributed by atoms with Gasteiger partial charge < -0.3 is 15.7 Å². The van der Waals surface area contributed by atoms with Gasteiger partial charge in [0.05, 0.1) is 23.2 Å². The number of hydrogen-bond donors (Lipinski definition) is 2. The van der Waals surface area contributed by atoms with E-state index in [2.05, 4.69) is 4.98 Å². The number of anilines is 2. The van der Waals surface area contributed by atoms with Gasteiger partial charge in [-0.3, -0.25) is 4.98 Å². The van der Waals surface area contributed by atoms with E-state index in [1.807, 2.05) is 18.0 Å². The Morgan fingerprint density at radius 1 is 1.50 bits per heavy atom. The van der Waals surface area contributed by atoms with Crippen LogP contribution in [0.5, 0.6) is 0 Å². The van der Waals surface area contributed by atoms with E-state index in [1.54, 1.807) is 26.2 Å². The van der Waals surface area contributed by atoms with Gasteiger partial charge in [0.1, 0.15) is 0 Å². The molecule has 0 spiro atoms. The van der Waals surface area contributed by atoms with E-state index in [0.29, 0.717) is 12.2 Å². The molecular formula is C10H17N3O. The van der Waals surface area contributed by atoms with Gasteiger partial charge in [-0.1, -0.05) is 0 Å². The number of nitrogens with zero attached hydrogens (tertiary/aromatic N) is 2. The van der Waals surface area contributed by atoms with E-state index in [9.17, 15) is 5.11 Å². The third-order valence-electron chi connectivity index (χ3n) is 1.81. The molecule has 78 valence electrons. The number of aliphatic hydroxyl groups is 1. The van der Waals surface area contributed by atoms with Crippen molar-refractivity contribution in [1.29, 1.82) is 0 Å². The minimum atomic E-state index is -0.723. The molecule has 0 aliphatic carbocycles. The van der Waals surface area contributed by atoms with Gasteiger partial charge in [0.15, 0.2) is 0 Å². The predicted molar refractivity (Wildman–Crippen MR) is 58.2 cm³/mol. The van der Waals surface area contributed by atoms with E-state index in [1.165, 1.54) is 0 Å². The molecule has 0 saturated carbocycles. The Balaban J connectivity index is 2.74. The van der Waals surface area contributed by atoms with E-state index in [0.717, 1.165) is 5.69 Å². The Kier molecular flexibility index (Phi) is 2.96. The molecule has 0 aliphatic heterocycles. The minimum absolute atomic E-state index is 0.540. The fraction of sp³-hybridized carbons (Fsp3) is 0.500. The summed E-state index contributed by atoms with van der Waals surface area (Å²) in [6.07, 6.45) is 3.32. The van der Waals surface area contributed by atoms with Crippen LogP contribution in [0.1, 0.15) is 13.8 Å². The smallest absolute Gasteiger partial charge is 0.0765 e. The molecule has 0 atom stereocenters. The molecule has 4 heteroatoms. The van der Waals surface area contributed by atoms with Crippen molar-refractivity contribution in [2.45, 2.75) is 19.4 Å². The SMILES string of the molecule is CN(CC(C)(C)O)c1cncc(N)c1. The summed E-state index contributed by atoms with van der Waals surface area (Å²) in [4.78, 5) is 5.91. The van der Waals surface area contributed by atoms with Crippen LogP contribution in [-0.4, -0.2) is 29.3 Å². The maximum absolute atomic E-state index is 9.63. The molecule has 1 aromatic rings. The molecule has 0 saturated heterocycles. The average molecular weight is 195 g/mol. The van der Waals surface area contributed by atoms with Gasteiger partial charge in [-0.25, -0.2) is 0 Å². The van der Waals surface area contributed by atoms with Crippen molar-refractivity contribution in [2.24, 2.45) is 0 Å². The minimum Gasteiger partial charge on any atom is -0.397 e. The van der Waals surface area contributed by atoms with Crippen molar-refractivity contribution in [3.05, 3.63) is 18.5 Å². The quantitative estimate of drug-likeness (QED) is 0.751. The molecule has 0 aliphatic rings. The van der Waals surface area contributed by atoms with E-state index < -0.39 is 5.60 Å². The summed E-state index contributed by atoms with van der Waals surface area (Å²) >= 11 is 0. The number of nitrogen functional groups attached to an aromatic ring is 1. The summed E-state index contributed by atoms with van der Waals surface area (Å²) in [5.74, 6) is 0. The lowest BCUT2D eigenvalue weighted by molar-refractivity contribution is 0.0886. The second-order valence-electron chi connectivity index (χ2n) is 4.14. The highest BCUT2D eigenvalue weighted by Gasteiger charge is 2.15. The molecule has 0 aromatic carbocycles. The van der Waals surface area contributed by atoms with E-state index in [4.69, 9.17) is 5.73 Å². The molecule has 1 aromatic heterocycles. The number of likely N-dealkylation sites (N-methyl/N-ethyl adjacent to an activating group) is 1. The van der Waals surface area contributed by atoms with Crippen molar-refractivity contribution in [1.82, 2.24) is 4.98 Å². The lowest BCUT2D eigenvalue weighted by Gasteiger charge is -2.27. The zero-order valence-corrected chi connectivity index (χ0v) is 8.86. The molecule has 0 unspecified atom stereocenters. The predicted octanol–water partition coefficient (Wildman–Crippen LogP) is 0.871. The van der Waals surface area contributed by atoms with Crippen LogP contribution in [-0.2, 0) is 0 Å². The molecular weight excluding hydrogens is 178 g/mol. The van der Waals surface area contributed by atoms with Crippen LogP contribution in [0.15, 0.2) is 18.5 Å². The molecule has 14 heavy (non-hydrogen) atoms. The average Bonchev–Trinajstić information content (AvgIpc) is 2.01. The lowest BCUT2D eigenvalue weighted by Crippen LogP contribution is -2.36. The van der Waals surface area contributed by atoms with Crippen LogP contribution in [0.4, 0.5) is 11.4 Å². The van der Waals surface area contributed by atoms with E-state index >= 15 is 0 Å². The number of rotatable bonds is 3. The normalized spacial score (nSPS) is 11.4. The van der Waals surface area contributed by atoms with Crippen LogP contribution in [0.2, 0.25) is 0 Å². The molecule has 0 bridgehead atoms. The van der Waals surface area contributed by atoms with Gasteiger partial charge in [0.25, 0.3) is 0 Å². The topological polar surface area (TPSA) is 62.4 Å². The summed E-state index contributed by atoms with van der Waals surface area (Å²) in [6, 6.07) is 1.83. The zero-order chi connectivity index (χ0) is 10.8. The van der Waals surface area contributed by atoms with Crippen LogP contribution in [0, 0.1) is 0 Å². The van der Waals surface area contributed by atoms with E-state index in [-0.39, 0.29) is 0 Å². The third-order valence-corrected chi connectivity index (χ3v) is 1.81. The van der Waals surface area contributed by atoms with Crippen molar-refractivity contribution < 1.29 is 5.11 Å². The van der Waals surface area contributed by atoms with Crippen LogP contribution in [0.3, 0.4) is 0 Å². The summed E-state index contributed by atoms with van der Waals surface area (Å²) in [6.45, 7) is 4.07. The second-order valence-corrected chi connectivity index (χ2v) is 4.14. The van der Waals surface area contributed by atoms with Gasteiger partial charge in [-0.2, -0.15) is 0 Å². The Morgan fingerprint density at radius 2 is 2.14 bits per heavy atom. The first kappa shape index (κ1) is 10.8. The number of nitrogens with two attached hydrogens (primary N) is 1. The van der Waals surface area contributed by atoms with Crippen molar-refractivity contribution in [2.75, 3.05) is 24.2 Å². The van der Waals surface area contributed by atoms with Gasteiger partial charge >= 0.3 is 0 Å². The largest absolute Gasteiger partial charge is 0.397 e. The first-order valence-corrected chi connectivity index (χ1v) is 4.52. The molecule has 0 amide bonds. The van der Waals surface area contributed by atoms with Gasteiger partial charge in [-0.05, 0) is 19.9 Å². The highest BCUT2D eigenvalue weighted by Crippen LogP contribution is 2.16. The Bertz CT molecular complexity index is 306. The van der Waals surface area contributed by atoms with Crippen LogP contribution in [0.25, 0.3) is 0 Å². The van der Waals surface area contributed by atoms with Gasteiger partial charge in [-0.15, -0.1) is 0 Å². The summed E-state index contributed by atoms with van der Waals surface area (Å²) in [5, 5.41) is 9.63. The summed E-state index contributed by atoms with van der Waals surface area (Å²) in [7, 11) is 1.90. The van der Waals surface area contributed by atoms with Gasteiger partial charge in [0, 0.05) is 19.8 Å². The van der Waals surface area contributed by atoms with Gasteiger partial charge in [0.2, 0.25) is 0 Å². The Morgan fingerprint density at radius 3 is 2.64 bits per heavy atom. The number of pyridine rings is 1. The maximum atomic E-state index is 9.63. The highest BCUT2D eigenvalue weighted by molar-refractivity contribution is 5.52. The Labute approximate surface area is 84.4 Å². The van der Waals surface area contributed by atoms with Crippen LogP contribution >= 0.6 is 0 Å². The number of aromatic nitrogens is 1. The van der Waals surface area contributed by atoms with Crippen molar-refractivity contribution in [3.8, 4) is 0 Å². The second kappa shape index (κ2) is 3.84. The third kappa shape index (κ3) is 3.22. The fourth-order valence-electron chi connectivity index (χ4n) is 1.33. The first-order chi connectivity index (χ1) is 6.38. The lowest BCUT2D eigenvalue weighted by atomic mass is 10.1. The van der Waals surface area contributed by atoms with Crippen molar-refractivity contribution >= 4 is 11.4 Å². The van der Waals surface area contributed by atoms with Crippen molar-refractivity contribution in [3.63, 3.8) is 0 Å². The molecule has 1 rings (SSSR count). The monoisotopic (exact) mass is 195 g/mol. The number of hydrogen-bond acceptors (Lipinski definition) is 4. The van der Waals surface area contributed by atoms with Crippen LogP contribution < -0.4 is 10.6 Å². The molecule has 3 N–H and O–H groups in total. The molecule has 0 radical (unpaired) electrons. The Hall–Kier alpha value is -1.29. The summed E-state index contributed by atoms with van der Waals surface area (Å²) < 4.78 is 0. The standard InChI is InChI=1S/C10H17N3O/c1-10(2,14)7-13(3)9-4-8(11)5-12-6-9/h4-6,14H,7,11H2,1-3H3. The molecule has 0 fully saturated rings. The maximum Gasteiger partial charge on any atom is 0.0765 e. The molecule has 1 heterocycles.